The van der Waals surface area contributed by atoms with E-state index >= 15 is 0 Å². The third kappa shape index (κ3) is 10.3. The molecule has 0 aliphatic rings. The molecule has 0 bridgehead atoms. The molecule has 0 saturated heterocycles. The minimum absolute atomic E-state index is 0.148. The SMILES string of the molecule is CCCCCCCCCCC(S)C(S)(S)OC(=O)CC. The van der Waals surface area contributed by atoms with E-state index < -0.39 is 4.27 Å². The quantitative estimate of drug-likeness (QED) is 0.195. The van der Waals surface area contributed by atoms with Gasteiger partial charge in [0.1, 0.15) is 0 Å². The third-order valence-electron chi connectivity index (χ3n) is 3.32. The van der Waals surface area contributed by atoms with Crippen LogP contribution in [-0.2, 0) is 9.53 Å². The molecule has 0 spiro atoms. The number of rotatable bonds is 12. The second kappa shape index (κ2) is 12.1. The van der Waals surface area contributed by atoms with Gasteiger partial charge in [-0.1, -0.05) is 65.2 Å². The topological polar surface area (TPSA) is 26.3 Å². The van der Waals surface area contributed by atoms with Crippen LogP contribution in [0.2, 0.25) is 0 Å². The van der Waals surface area contributed by atoms with Crippen molar-refractivity contribution in [2.45, 2.75) is 87.6 Å². The Morgan fingerprint density at radius 2 is 1.50 bits per heavy atom. The molecule has 5 heteroatoms. The molecule has 0 N–H and O–H groups in total. The maximum Gasteiger partial charge on any atom is 0.307 e. The van der Waals surface area contributed by atoms with Crippen molar-refractivity contribution in [3.63, 3.8) is 0 Å². The summed E-state index contributed by atoms with van der Waals surface area (Å²) in [5, 5.41) is -0.148. The fourth-order valence-electron chi connectivity index (χ4n) is 1.97. The summed E-state index contributed by atoms with van der Waals surface area (Å²) in [4.78, 5) is 11.3. The second-order valence-electron chi connectivity index (χ2n) is 5.27. The largest absolute Gasteiger partial charge is 0.437 e. The average Bonchev–Trinajstić information content (AvgIpc) is 2.40. The lowest BCUT2D eigenvalue weighted by atomic mass is 10.1. The van der Waals surface area contributed by atoms with Crippen LogP contribution in [0, 0.1) is 0 Å². The summed E-state index contributed by atoms with van der Waals surface area (Å²) in [7, 11) is 0. The van der Waals surface area contributed by atoms with Crippen LogP contribution < -0.4 is 0 Å². The van der Waals surface area contributed by atoms with Crippen LogP contribution >= 0.6 is 37.9 Å². The van der Waals surface area contributed by atoms with Crippen molar-refractivity contribution in [2.24, 2.45) is 0 Å². The minimum Gasteiger partial charge on any atom is -0.437 e. The Morgan fingerprint density at radius 1 is 1.00 bits per heavy atom. The maximum atomic E-state index is 11.3. The number of ether oxygens (including phenoxy) is 1. The predicted molar refractivity (Wildman–Crippen MR) is 97.1 cm³/mol. The summed E-state index contributed by atoms with van der Waals surface area (Å²) in [6.45, 7) is 3.99. The van der Waals surface area contributed by atoms with Crippen molar-refractivity contribution in [2.75, 3.05) is 0 Å². The summed E-state index contributed by atoms with van der Waals surface area (Å²) in [6.07, 6.45) is 11.4. The zero-order valence-corrected chi connectivity index (χ0v) is 15.5. The number of esters is 1. The van der Waals surface area contributed by atoms with Gasteiger partial charge in [0.25, 0.3) is 0 Å². The Hall–Kier alpha value is 0.520. The Balaban J connectivity index is 3.66. The van der Waals surface area contributed by atoms with Crippen molar-refractivity contribution < 1.29 is 9.53 Å². The summed E-state index contributed by atoms with van der Waals surface area (Å²) >= 11 is 13.1. The number of unbranched alkanes of at least 4 members (excludes halogenated alkanes) is 7. The van der Waals surface area contributed by atoms with E-state index in [1.165, 1.54) is 44.9 Å². The molecule has 0 amide bonds. The first-order valence-corrected chi connectivity index (χ1v) is 9.19. The highest BCUT2D eigenvalue weighted by Gasteiger charge is 2.32. The number of carbonyl (C=O) groups excluding carboxylic acids is 1. The van der Waals surface area contributed by atoms with Gasteiger partial charge in [-0.2, -0.15) is 12.6 Å². The van der Waals surface area contributed by atoms with Gasteiger partial charge in [-0.25, -0.2) is 0 Å². The second-order valence-corrected chi connectivity index (χ2v) is 7.57. The van der Waals surface area contributed by atoms with Crippen LogP contribution in [-0.4, -0.2) is 15.5 Å². The first-order valence-electron chi connectivity index (χ1n) is 7.78. The molecular formula is C15H30O2S3. The first-order chi connectivity index (χ1) is 9.44. The Labute approximate surface area is 141 Å². The van der Waals surface area contributed by atoms with Crippen molar-refractivity contribution in [3.8, 4) is 0 Å². The molecule has 120 valence electrons. The van der Waals surface area contributed by atoms with Gasteiger partial charge in [0.05, 0.1) is 5.25 Å². The van der Waals surface area contributed by atoms with Gasteiger partial charge in [0.15, 0.2) is 0 Å². The maximum absolute atomic E-state index is 11.3. The van der Waals surface area contributed by atoms with Crippen LogP contribution in [0.5, 0.6) is 0 Å². The summed E-state index contributed by atoms with van der Waals surface area (Å²) in [6, 6.07) is 0. The van der Waals surface area contributed by atoms with Crippen LogP contribution in [0.15, 0.2) is 0 Å². The molecule has 0 aromatic heterocycles. The molecule has 0 rings (SSSR count). The summed E-state index contributed by atoms with van der Waals surface area (Å²) < 4.78 is 4.11. The van der Waals surface area contributed by atoms with Crippen molar-refractivity contribution in [1.82, 2.24) is 0 Å². The molecule has 1 unspecified atom stereocenters. The molecule has 0 aromatic rings. The van der Waals surface area contributed by atoms with Crippen LogP contribution in [0.1, 0.15) is 78.1 Å². The third-order valence-corrected chi connectivity index (χ3v) is 5.15. The van der Waals surface area contributed by atoms with Gasteiger partial charge < -0.3 is 4.74 Å². The van der Waals surface area contributed by atoms with Gasteiger partial charge >= 0.3 is 5.97 Å². The standard InChI is InChI=1S/C15H30O2S3/c1-3-5-6-7-8-9-10-11-12-13(18)15(19,20)17-14(16)4-2/h13,18-20H,3-12H2,1-2H3. The van der Waals surface area contributed by atoms with E-state index in [0.717, 1.165) is 12.8 Å². The molecule has 0 aliphatic carbocycles. The fraction of sp³-hybridized carbons (Fsp3) is 0.933. The van der Waals surface area contributed by atoms with Gasteiger partial charge in [-0.3, -0.25) is 4.79 Å². The van der Waals surface area contributed by atoms with E-state index in [1.54, 1.807) is 6.92 Å². The van der Waals surface area contributed by atoms with Gasteiger partial charge in [-0.05, 0) is 6.42 Å². The Morgan fingerprint density at radius 3 is 2.00 bits per heavy atom. The van der Waals surface area contributed by atoms with E-state index in [-0.39, 0.29) is 11.2 Å². The zero-order chi connectivity index (χ0) is 15.4. The first kappa shape index (κ1) is 20.5. The van der Waals surface area contributed by atoms with E-state index in [0.29, 0.717) is 6.42 Å². The number of hydrogen-bond acceptors (Lipinski definition) is 5. The highest BCUT2D eigenvalue weighted by molar-refractivity contribution is 8.01. The van der Waals surface area contributed by atoms with E-state index in [2.05, 4.69) is 44.8 Å². The molecule has 0 saturated carbocycles. The lowest BCUT2D eigenvalue weighted by Gasteiger charge is -2.28. The van der Waals surface area contributed by atoms with Crippen molar-refractivity contribution >= 4 is 43.9 Å². The minimum atomic E-state index is -1.07. The smallest absolute Gasteiger partial charge is 0.307 e. The normalized spacial score (nSPS) is 13.2. The monoisotopic (exact) mass is 338 g/mol. The van der Waals surface area contributed by atoms with Crippen molar-refractivity contribution in [3.05, 3.63) is 0 Å². The molecule has 0 aromatic carbocycles. The molecule has 1 atom stereocenters. The Bertz CT molecular complexity index is 258. The lowest BCUT2D eigenvalue weighted by molar-refractivity contribution is -0.146. The van der Waals surface area contributed by atoms with Crippen LogP contribution in [0.25, 0.3) is 0 Å². The molecule has 0 radical (unpaired) electrons. The number of hydrogen-bond donors (Lipinski definition) is 3. The van der Waals surface area contributed by atoms with Crippen molar-refractivity contribution in [1.29, 1.82) is 0 Å². The molecular weight excluding hydrogens is 308 g/mol. The highest BCUT2D eigenvalue weighted by atomic mass is 32.2. The van der Waals surface area contributed by atoms with Crippen LogP contribution in [0.3, 0.4) is 0 Å². The van der Waals surface area contributed by atoms with Gasteiger partial charge in [0, 0.05) is 6.42 Å². The molecule has 2 nitrogen and oxygen atoms in total. The fourth-order valence-corrected chi connectivity index (χ4v) is 2.66. The molecule has 0 aliphatic heterocycles. The van der Waals surface area contributed by atoms with Gasteiger partial charge in [-0.15, -0.1) is 25.3 Å². The van der Waals surface area contributed by atoms with E-state index in [1.807, 2.05) is 0 Å². The lowest BCUT2D eigenvalue weighted by Crippen LogP contribution is -2.32. The van der Waals surface area contributed by atoms with E-state index in [9.17, 15) is 4.79 Å². The number of carbonyl (C=O) groups is 1. The molecule has 0 fully saturated rings. The van der Waals surface area contributed by atoms with Crippen LogP contribution in [0.4, 0.5) is 0 Å². The molecule has 0 heterocycles. The zero-order valence-electron chi connectivity index (χ0n) is 12.8. The summed E-state index contributed by atoms with van der Waals surface area (Å²) in [5.41, 5.74) is 0. The summed E-state index contributed by atoms with van der Waals surface area (Å²) in [5.74, 6) is -0.287. The van der Waals surface area contributed by atoms with Gasteiger partial charge in [0.2, 0.25) is 4.27 Å². The Kier molecular flexibility index (Phi) is 12.4. The molecule has 20 heavy (non-hydrogen) atoms. The highest BCUT2D eigenvalue weighted by Crippen LogP contribution is 2.33. The average molecular weight is 339 g/mol. The predicted octanol–water partition coefficient (Wildman–Crippen LogP) is 5.28. The number of thiol groups is 3. The van der Waals surface area contributed by atoms with E-state index in [4.69, 9.17) is 4.74 Å².